The Morgan fingerprint density at radius 2 is 2.06 bits per heavy atom. The van der Waals surface area contributed by atoms with E-state index in [0.29, 0.717) is 5.69 Å². The minimum atomic E-state index is -0.323. The van der Waals surface area contributed by atoms with Gasteiger partial charge in [0.15, 0.2) is 0 Å². The van der Waals surface area contributed by atoms with Crippen LogP contribution in [0, 0.1) is 0 Å². The van der Waals surface area contributed by atoms with E-state index >= 15 is 0 Å². The third kappa shape index (κ3) is 1.39. The Morgan fingerprint density at radius 3 is 2.83 bits per heavy atom. The van der Waals surface area contributed by atoms with Gasteiger partial charge in [-0.15, -0.1) is 0 Å². The second kappa shape index (κ2) is 3.84. The Balaban J connectivity index is 2.44. The third-order valence-electron chi connectivity index (χ3n) is 3.21. The van der Waals surface area contributed by atoms with Crippen molar-refractivity contribution in [3.05, 3.63) is 42.4 Å². The van der Waals surface area contributed by atoms with Crippen LogP contribution in [0.25, 0.3) is 21.7 Å². The van der Waals surface area contributed by atoms with Gasteiger partial charge in [-0.2, -0.15) is 0 Å². The van der Waals surface area contributed by atoms with Crippen molar-refractivity contribution in [2.75, 3.05) is 7.11 Å². The summed E-state index contributed by atoms with van der Waals surface area (Å²) in [5.41, 5.74) is 1.58. The fraction of sp³-hybridized carbons (Fsp3) is 0.143. The van der Waals surface area contributed by atoms with Crippen LogP contribution in [0.1, 0.15) is 10.5 Å². The number of carbonyl (C=O) groups excluding carboxylic acids is 1. The maximum atomic E-state index is 11.7. The smallest absolute Gasteiger partial charge is 0.354 e. The predicted molar refractivity (Wildman–Crippen MR) is 69.6 cm³/mol. The quantitative estimate of drug-likeness (QED) is 0.614. The summed E-state index contributed by atoms with van der Waals surface area (Å²) < 4.78 is 6.65. The van der Waals surface area contributed by atoms with Gasteiger partial charge in [0.2, 0.25) is 0 Å². The van der Waals surface area contributed by atoms with Crippen LogP contribution in [0.5, 0.6) is 0 Å². The summed E-state index contributed by atoms with van der Waals surface area (Å²) in [5.74, 6) is -0.323. The molecule has 2 heterocycles. The van der Waals surface area contributed by atoms with Gasteiger partial charge < -0.3 is 9.30 Å². The van der Waals surface area contributed by atoms with E-state index in [1.807, 2.05) is 42.1 Å². The van der Waals surface area contributed by atoms with Crippen LogP contribution in [0.3, 0.4) is 0 Å². The summed E-state index contributed by atoms with van der Waals surface area (Å²) in [5, 5.41) is 3.17. The van der Waals surface area contributed by atoms with Crippen LogP contribution >= 0.6 is 0 Å². The lowest BCUT2D eigenvalue weighted by Gasteiger charge is -2.04. The molecule has 3 aromatic rings. The minimum Gasteiger partial charge on any atom is -0.464 e. The van der Waals surface area contributed by atoms with Crippen LogP contribution in [-0.2, 0) is 11.8 Å². The molecule has 0 spiro atoms. The normalized spacial score (nSPS) is 11.0. The second-order valence-corrected chi connectivity index (χ2v) is 4.18. The predicted octanol–water partition coefficient (Wildman–Crippen LogP) is 2.51. The first-order valence-corrected chi connectivity index (χ1v) is 5.63. The number of benzene rings is 1. The Hall–Kier alpha value is -2.36. The molecule has 0 atom stereocenters. The number of ether oxygens (including phenoxy) is 1. The SMILES string of the molecule is COC(=O)c1cc2ccc3cnccc3c2n1C. The van der Waals surface area contributed by atoms with Crippen molar-refractivity contribution < 1.29 is 9.53 Å². The fourth-order valence-electron chi connectivity index (χ4n) is 2.32. The molecule has 0 aliphatic heterocycles. The molecule has 2 aromatic heterocycles. The van der Waals surface area contributed by atoms with Gasteiger partial charge in [-0.05, 0) is 12.1 Å². The Bertz CT molecular complexity index is 759. The molecule has 0 aliphatic carbocycles. The highest BCUT2D eigenvalue weighted by Gasteiger charge is 2.15. The topological polar surface area (TPSA) is 44.1 Å². The van der Waals surface area contributed by atoms with Crippen molar-refractivity contribution in [3.63, 3.8) is 0 Å². The van der Waals surface area contributed by atoms with Crippen molar-refractivity contribution in [1.82, 2.24) is 9.55 Å². The highest BCUT2D eigenvalue weighted by Crippen LogP contribution is 2.27. The molecule has 18 heavy (non-hydrogen) atoms. The Morgan fingerprint density at radius 1 is 1.28 bits per heavy atom. The van der Waals surface area contributed by atoms with E-state index in [0.717, 1.165) is 21.7 Å². The zero-order valence-corrected chi connectivity index (χ0v) is 10.2. The third-order valence-corrected chi connectivity index (χ3v) is 3.21. The van der Waals surface area contributed by atoms with Gasteiger partial charge in [-0.25, -0.2) is 4.79 Å². The number of esters is 1. The number of aryl methyl sites for hydroxylation is 1. The second-order valence-electron chi connectivity index (χ2n) is 4.18. The molecule has 0 saturated carbocycles. The fourth-order valence-corrected chi connectivity index (χ4v) is 2.32. The molecular formula is C14H12N2O2. The molecule has 1 aromatic carbocycles. The summed E-state index contributed by atoms with van der Waals surface area (Å²) in [6, 6.07) is 7.80. The van der Waals surface area contributed by atoms with Gasteiger partial charge in [-0.1, -0.05) is 12.1 Å². The monoisotopic (exact) mass is 240 g/mol. The van der Waals surface area contributed by atoms with Crippen molar-refractivity contribution in [1.29, 1.82) is 0 Å². The number of hydrogen-bond donors (Lipinski definition) is 0. The molecule has 4 nitrogen and oxygen atoms in total. The minimum absolute atomic E-state index is 0.323. The van der Waals surface area contributed by atoms with Gasteiger partial charge >= 0.3 is 5.97 Å². The standard InChI is InChI=1S/C14H12N2O2/c1-16-12(14(17)18-2)7-9-3-4-10-8-15-6-5-11(10)13(9)16/h3-8H,1-2H3. The zero-order chi connectivity index (χ0) is 12.7. The average molecular weight is 240 g/mol. The Labute approximate surface area is 104 Å². The van der Waals surface area contributed by atoms with Crippen LogP contribution in [0.2, 0.25) is 0 Å². The highest BCUT2D eigenvalue weighted by atomic mass is 16.5. The molecule has 0 radical (unpaired) electrons. The number of nitrogens with zero attached hydrogens (tertiary/aromatic N) is 2. The summed E-state index contributed by atoms with van der Waals surface area (Å²) in [6.45, 7) is 0. The van der Waals surface area contributed by atoms with E-state index in [2.05, 4.69) is 4.98 Å². The van der Waals surface area contributed by atoms with Gasteiger partial charge in [0, 0.05) is 35.6 Å². The Kier molecular flexibility index (Phi) is 2.30. The molecule has 0 N–H and O–H groups in total. The number of carbonyl (C=O) groups is 1. The van der Waals surface area contributed by atoms with Crippen LogP contribution in [0.15, 0.2) is 36.7 Å². The molecule has 0 bridgehead atoms. The summed E-state index contributed by atoms with van der Waals surface area (Å²) in [4.78, 5) is 15.8. The van der Waals surface area contributed by atoms with E-state index in [1.54, 1.807) is 6.20 Å². The van der Waals surface area contributed by atoms with Crippen LogP contribution in [-0.4, -0.2) is 22.6 Å². The van der Waals surface area contributed by atoms with Crippen molar-refractivity contribution in [3.8, 4) is 0 Å². The number of pyridine rings is 1. The largest absolute Gasteiger partial charge is 0.464 e. The van der Waals surface area contributed by atoms with Crippen molar-refractivity contribution in [2.45, 2.75) is 0 Å². The summed E-state index contributed by atoms with van der Waals surface area (Å²) in [6.07, 6.45) is 3.58. The molecule has 0 amide bonds. The van der Waals surface area contributed by atoms with Crippen LogP contribution in [0.4, 0.5) is 0 Å². The molecule has 3 rings (SSSR count). The van der Waals surface area contributed by atoms with E-state index in [4.69, 9.17) is 4.74 Å². The molecule has 0 fully saturated rings. The number of aromatic nitrogens is 2. The number of methoxy groups -OCH3 is 1. The lowest BCUT2D eigenvalue weighted by molar-refractivity contribution is 0.0590. The van der Waals surface area contributed by atoms with E-state index < -0.39 is 0 Å². The number of hydrogen-bond acceptors (Lipinski definition) is 3. The van der Waals surface area contributed by atoms with E-state index in [1.165, 1.54) is 7.11 Å². The summed E-state index contributed by atoms with van der Waals surface area (Å²) >= 11 is 0. The molecule has 0 saturated heterocycles. The molecule has 4 heteroatoms. The van der Waals surface area contributed by atoms with E-state index in [9.17, 15) is 4.79 Å². The maximum absolute atomic E-state index is 11.7. The molecule has 90 valence electrons. The van der Waals surface area contributed by atoms with Crippen molar-refractivity contribution >= 4 is 27.6 Å². The van der Waals surface area contributed by atoms with Gasteiger partial charge in [0.1, 0.15) is 5.69 Å². The molecular weight excluding hydrogens is 228 g/mol. The first-order chi connectivity index (χ1) is 8.72. The highest BCUT2D eigenvalue weighted by molar-refractivity contribution is 6.08. The zero-order valence-electron chi connectivity index (χ0n) is 10.2. The van der Waals surface area contributed by atoms with E-state index in [-0.39, 0.29) is 5.97 Å². The lowest BCUT2D eigenvalue weighted by atomic mass is 10.1. The van der Waals surface area contributed by atoms with Crippen molar-refractivity contribution in [2.24, 2.45) is 7.05 Å². The van der Waals surface area contributed by atoms with Crippen LogP contribution < -0.4 is 0 Å². The molecule has 0 aliphatic rings. The van der Waals surface area contributed by atoms with Gasteiger partial charge in [-0.3, -0.25) is 4.98 Å². The first kappa shape index (κ1) is 10.8. The first-order valence-electron chi connectivity index (χ1n) is 5.63. The number of fused-ring (bicyclic) bond motifs is 3. The number of rotatable bonds is 1. The lowest BCUT2D eigenvalue weighted by Crippen LogP contribution is -2.07. The van der Waals surface area contributed by atoms with Gasteiger partial charge in [0.05, 0.1) is 12.6 Å². The molecule has 0 unspecified atom stereocenters. The average Bonchev–Trinajstić information content (AvgIpc) is 2.76. The van der Waals surface area contributed by atoms with Gasteiger partial charge in [0.25, 0.3) is 0 Å². The summed E-state index contributed by atoms with van der Waals surface area (Å²) in [7, 11) is 3.26. The maximum Gasteiger partial charge on any atom is 0.354 e.